The molecule has 0 aliphatic carbocycles. The third-order valence-corrected chi connectivity index (χ3v) is 3.29. The van der Waals surface area contributed by atoms with Crippen molar-refractivity contribution < 1.29 is 9.18 Å². The molecule has 2 aromatic rings. The van der Waals surface area contributed by atoms with E-state index in [1.807, 2.05) is 6.92 Å². The van der Waals surface area contributed by atoms with E-state index >= 15 is 0 Å². The quantitative estimate of drug-likeness (QED) is 0.634. The van der Waals surface area contributed by atoms with Gasteiger partial charge in [-0.25, -0.2) is 4.39 Å². The first-order chi connectivity index (χ1) is 7.00. The number of benzene rings is 1. The fourth-order valence-electron chi connectivity index (χ4n) is 1.70. The van der Waals surface area contributed by atoms with Gasteiger partial charge in [0.25, 0.3) is 0 Å². The maximum absolute atomic E-state index is 13.2. The minimum Gasteiger partial charge on any atom is -0.351 e. The standard InChI is InChI=1S/C11H9FINO/c1-5-8-3-7(12)4-9(13)11(8)14-10(5)6(2)15/h3-4,14H,1-2H3. The average molecular weight is 317 g/mol. The Bertz CT molecular complexity index is 559. The Kier molecular flexibility index (Phi) is 2.54. The molecule has 0 saturated carbocycles. The zero-order chi connectivity index (χ0) is 11.2. The molecule has 0 atom stereocenters. The Balaban J connectivity index is 2.88. The molecule has 0 aliphatic rings. The van der Waals surface area contributed by atoms with Crippen molar-refractivity contribution in [1.82, 2.24) is 4.98 Å². The van der Waals surface area contributed by atoms with E-state index in [1.54, 1.807) is 0 Å². The fraction of sp³-hybridized carbons (Fsp3) is 0.182. The van der Waals surface area contributed by atoms with E-state index in [-0.39, 0.29) is 11.6 Å². The third-order valence-electron chi connectivity index (χ3n) is 2.44. The van der Waals surface area contributed by atoms with E-state index in [0.717, 1.165) is 20.0 Å². The van der Waals surface area contributed by atoms with Crippen molar-refractivity contribution in [3.05, 3.63) is 32.8 Å². The second-order valence-corrected chi connectivity index (χ2v) is 4.65. The summed E-state index contributed by atoms with van der Waals surface area (Å²) in [5.74, 6) is -0.302. The van der Waals surface area contributed by atoms with Gasteiger partial charge in [-0.2, -0.15) is 0 Å². The summed E-state index contributed by atoms with van der Waals surface area (Å²) in [6, 6.07) is 2.90. The summed E-state index contributed by atoms with van der Waals surface area (Å²) >= 11 is 2.05. The van der Waals surface area contributed by atoms with Gasteiger partial charge in [-0.3, -0.25) is 4.79 Å². The largest absolute Gasteiger partial charge is 0.351 e. The van der Waals surface area contributed by atoms with Gasteiger partial charge in [0.2, 0.25) is 0 Å². The highest BCUT2D eigenvalue weighted by Gasteiger charge is 2.13. The van der Waals surface area contributed by atoms with Gasteiger partial charge in [-0.1, -0.05) is 0 Å². The van der Waals surface area contributed by atoms with E-state index < -0.39 is 0 Å². The second-order valence-electron chi connectivity index (χ2n) is 3.49. The number of fused-ring (bicyclic) bond motifs is 1. The molecule has 1 heterocycles. The van der Waals surface area contributed by atoms with E-state index in [1.165, 1.54) is 19.1 Å². The van der Waals surface area contributed by atoms with Gasteiger partial charge in [0, 0.05) is 15.9 Å². The van der Waals surface area contributed by atoms with Crippen LogP contribution in [-0.4, -0.2) is 10.8 Å². The molecule has 0 saturated heterocycles. The molecule has 1 aromatic heterocycles. The molecule has 2 nitrogen and oxygen atoms in total. The summed E-state index contributed by atoms with van der Waals surface area (Å²) in [7, 11) is 0. The summed E-state index contributed by atoms with van der Waals surface area (Å²) in [6.07, 6.45) is 0. The van der Waals surface area contributed by atoms with E-state index in [2.05, 4.69) is 27.6 Å². The van der Waals surface area contributed by atoms with Crippen molar-refractivity contribution in [3.8, 4) is 0 Å². The summed E-state index contributed by atoms with van der Waals surface area (Å²) in [5, 5.41) is 0.782. The molecule has 78 valence electrons. The lowest BCUT2D eigenvalue weighted by Crippen LogP contribution is -1.93. The number of ketones is 1. The zero-order valence-electron chi connectivity index (χ0n) is 8.32. The van der Waals surface area contributed by atoms with Crippen LogP contribution in [0.2, 0.25) is 0 Å². The monoisotopic (exact) mass is 317 g/mol. The van der Waals surface area contributed by atoms with Gasteiger partial charge >= 0.3 is 0 Å². The lowest BCUT2D eigenvalue weighted by atomic mass is 10.1. The van der Waals surface area contributed by atoms with Crippen LogP contribution in [0.1, 0.15) is 23.0 Å². The Labute approximate surface area is 100 Å². The van der Waals surface area contributed by atoms with Crippen molar-refractivity contribution in [1.29, 1.82) is 0 Å². The molecule has 0 spiro atoms. The van der Waals surface area contributed by atoms with Crippen LogP contribution in [0.5, 0.6) is 0 Å². The van der Waals surface area contributed by atoms with Gasteiger partial charge < -0.3 is 4.98 Å². The van der Waals surface area contributed by atoms with Gasteiger partial charge in [-0.05, 0) is 47.2 Å². The van der Waals surface area contributed by atoms with Crippen molar-refractivity contribution in [2.75, 3.05) is 0 Å². The first-order valence-corrected chi connectivity index (χ1v) is 5.57. The van der Waals surface area contributed by atoms with Gasteiger partial charge in [0.15, 0.2) is 5.78 Å². The maximum atomic E-state index is 13.2. The summed E-state index contributed by atoms with van der Waals surface area (Å²) in [4.78, 5) is 14.3. The Morgan fingerprint density at radius 2 is 2.13 bits per heavy atom. The number of carbonyl (C=O) groups excluding carboxylic acids is 1. The number of nitrogens with one attached hydrogen (secondary N) is 1. The Morgan fingerprint density at radius 3 is 2.73 bits per heavy atom. The van der Waals surface area contributed by atoms with Crippen LogP contribution in [0.4, 0.5) is 4.39 Å². The highest BCUT2D eigenvalue weighted by molar-refractivity contribution is 14.1. The average Bonchev–Trinajstić information content (AvgIpc) is 2.44. The molecule has 4 heteroatoms. The SMILES string of the molecule is CC(=O)c1[nH]c2c(I)cc(F)cc2c1C. The molecular formula is C11H9FINO. The molecule has 0 bridgehead atoms. The van der Waals surface area contributed by atoms with E-state index in [9.17, 15) is 9.18 Å². The van der Waals surface area contributed by atoms with Crippen molar-refractivity contribution in [3.63, 3.8) is 0 Å². The third kappa shape index (κ3) is 1.67. The highest BCUT2D eigenvalue weighted by atomic mass is 127. The van der Waals surface area contributed by atoms with Crippen LogP contribution in [0.15, 0.2) is 12.1 Å². The highest BCUT2D eigenvalue weighted by Crippen LogP contribution is 2.27. The number of rotatable bonds is 1. The molecule has 0 unspecified atom stereocenters. The molecule has 0 radical (unpaired) electrons. The smallest absolute Gasteiger partial charge is 0.176 e. The molecule has 0 aliphatic heterocycles. The normalized spacial score (nSPS) is 10.9. The van der Waals surface area contributed by atoms with Crippen molar-refractivity contribution >= 4 is 39.3 Å². The van der Waals surface area contributed by atoms with Crippen LogP contribution < -0.4 is 0 Å². The first-order valence-electron chi connectivity index (χ1n) is 4.49. The molecule has 2 rings (SSSR count). The molecule has 1 aromatic carbocycles. The summed E-state index contributed by atoms with van der Waals surface area (Å²) < 4.78 is 14.0. The Morgan fingerprint density at radius 1 is 1.47 bits per heavy atom. The lowest BCUT2D eigenvalue weighted by Gasteiger charge is -1.95. The van der Waals surface area contributed by atoms with Crippen LogP contribution in [-0.2, 0) is 0 Å². The predicted molar refractivity (Wildman–Crippen MR) is 65.7 cm³/mol. The number of Topliss-reactive ketones (excluding diaryl/α,β-unsaturated/α-hetero) is 1. The fourth-order valence-corrected chi connectivity index (χ4v) is 2.42. The van der Waals surface area contributed by atoms with Crippen LogP contribution >= 0.6 is 22.6 Å². The van der Waals surface area contributed by atoms with Gasteiger partial charge in [0.05, 0.1) is 11.2 Å². The summed E-state index contributed by atoms with van der Waals surface area (Å²) in [5.41, 5.74) is 2.21. The van der Waals surface area contributed by atoms with Crippen LogP contribution in [0.25, 0.3) is 10.9 Å². The molecule has 0 fully saturated rings. The minimum absolute atomic E-state index is 0.0279. The predicted octanol–water partition coefficient (Wildman–Crippen LogP) is 3.42. The molecule has 0 amide bonds. The molecule has 15 heavy (non-hydrogen) atoms. The number of aryl methyl sites for hydroxylation is 1. The second kappa shape index (κ2) is 3.59. The Hall–Kier alpha value is -0.910. The van der Waals surface area contributed by atoms with Crippen LogP contribution in [0, 0.1) is 16.3 Å². The molecular weight excluding hydrogens is 308 g/mol. The summed E-state index contributed by atoms with van der Waals surface area (Å²) in [6.45, 7) is 3.33. The van der Waals surface area contributed by atoms with E-state index in [4.69, 9.17) is 0 Å². The van der Waals surface area contributed by atoms with Crippen LogP contribution in [0.3, 0.4) is 0 Å². The van der Waals surface area contributed by atoms with Gasteiger partial charge in [-0.15, -0.1) is 0 Å². The maximum Gasteiger partial charge on any atom is 0.176 e. The number of carbonyl (C=O) groups is 1. The molecule has 1 N–H and O–H groups in total. The topological polar surface area (TPSA) is 32.9 Å². The number of hydrogen-bond acceptors (Lipinski definition) is 1. The van der Waals surface area contributed by atoms with Crippen molar-refractivity contribution in [2.45, 2.75) is 13.8 Å². The number of aromatic nitrogens is 1. The van der Waals surface area contributed by atoms with Gasteiger partial charge in [0.1, 0.15) is 5.82 Å². The minimum atomic E-state index is -0.274. The number of hydrogen-bond donors (Lipinski definition) is 1. The number of halogens is 2. The zero-order valence-corrected chi connectivity index (χ0v) is 10.5. The number of aromatic amines is 1. The van der Waals surface area contributed by atoms with E-state index in [0.29, 0.717) is 5.69 Å². The lowest BCUT2D eigenvalue weighted by molar-refractivity contribution is 0.101. The first kappa shape index (κ1) is 10.6. The number of H-pyrrole nitrogens is 1. The van der Waals surface area contributed by atoms with Crippen molar-refractivity contribution in [2.24, 2.45) is 0 Å².